The van der Waals surface area contributed by atoms with Gasteiger partial charge in [-0.05, 0) is 56.3 Å². The molecule has 0 radical (unpaired) electrons. The summed E-state index contributed by atoms with van der Waals surface area (Å²) < 4.78 is 0. The first kappa shape index (κ1) is 22.8. The van der Waals surface area contributed by atoms with Crippen molar-refractivity contribution in [3.05, 3.63) is 35.4 Å². The van der Waals surface area contributed by atoms with Gasteiger partial charge in [-0.2, -0.15) is 0 Å². The van der Waals surface area contributed by atoms with Crippen molar-refractivity contribution in [1.82, 2.24) is 19.6 Å². The zero-order valence-electron chi connectivity index (χ0n) is 19.6. The molecule has 0 N–H and O–H groups in total. The van der Waals surface area contributed by atoms with Crippen LogP contribution in [0.5, 0.6) is 0 Å². The summed E-state index contributed by atoms with van der Waals surface area (Å²) in [6, 6.07) is 8.64. The monoisotopic (exact) mass is 426 g/mol. The fraction of sp³-hybridized carbons (Fsp3) is 0.731. The molecule has 172 valence electrons. The zero-order valence-corrected chi connectivity index (χ0v) is 19.6. The number of benzene rings is 1. The molecule has 5 nitrogen and oxygen atoms in total. The Kier molecular flexibility index (Phi) is 8.40. The summed E-state index contributed by atoms with van der Waals surface area (Å²) in [5.41, 5.74) is 2.77. The Hall–Kier alpha value is -1.43. The number of amides is 1. The van der Waals surface area contributed by atoms with Crippen LogP contribution < -0.4 is 0 Å². The fourth-order valence-corrected chi connectivity index (χ4v) is 5.57. The predicted octanol–water partition coefficient (Wildman–Crippen LogP) is 3.23. The van der Waals surface area contributed by atoms with Gasteiger partial charge >= 0.3 is 0 Å². The molecule has 1 amide bonds. The van der Waals surface area contributed by atoms with E-state index in [0.29, 0.717) is 12.5 Å². The van der Waals surface area contributed by atoms with Crippen LogP contribution in [0.25, 0.3) is 0 Å². The first-order chi connectivity index (χ1) is 15.2. The highest BCUT2D eigenvalue weighted by Crippen LogP contribution is 2.24. The molecule has 1 aromatic rings. The van der Waals surface area contributed by atoms with E-state index in [0.717, 1.165) is 58.3 Å². The molecule has 1 aromatic carbocycles. The largest absolute Gasteiger partial charge is 0.339 e. The van der Waals surface area contributed by atoms with Crippen LogP contribution in [0.15, 0.2) is 24.3 Å². The van der Waals surface area contributed by atoms with Gasteiger partial charge in [0.1, 0.15) is 0 Å². The normalized spacial score (nSPS) is 23.1. The van der Waals surface area contributed by atoms with Crippen LogP contribution in [0.2, 0.25) is 0 Å². The number of hydrogen-bond donors (Lipinski definition) is 0. The topological polar surface area (TPSA) is 30.0 Å². The molecule has 2 heterocycles. The van der Waals surface area contributed by atoms with Crippen molar-refractivity contribution >= 4 is 5.91 Å². The molecule has 0 atom stereocenters. The van der Waals surface area contributed by atoms with E-state index in [2.05, 4.69) is 50.8 Å². The van der Waals surface area contributed by atoms with E-state index >= 15 is 0 Å². The number of carbonyl (C=O) groups excluding carboxylic acids is 1. The van der Waals surface area contributed by atoms with Crippen LogP contribution in [-0.2, 0) is 11.3 Å². The first-order valence-electron chi connectivity index (χ1n) is 12.7. The second-order valence-corrected chi connectivity index (χ2v) is 10.0. The van der Waals surface area contributed by atoms with E-state index in [9.17, 15) is 4.79 Å². The number of nitrogens with zero attached hydrogens (tertiary/aromatic N) is 4. The van der Waals surface area contributed by atoms with Gasteiger partial charge in [-0.3, -0.25) is 14.6 Å². The Bertz CT molecular complexity index is 694. The standard InChI is InChI=1S/C26H42N4O/c1-23-8-5-6-11-25(23)21-29-16-18-30(19-17-29)26(31)22-28-13-7-12-27(14-15-28)20-24-9-3-2-4-10-24/h5-6,8,11,24H,2-4,7,9-10,12-22H2,1H3. The molecular weight excluding hydrogens is 384 g/mol. The van der Waals surface area contributed by atoms with E-state index in [1.54, 1.807) is 0 Å². The minimum atomic E-state index is 0.330. The van der Waals surface area contributed by atoms with Crippen molar-refractivity contribution in [2.24, 2.45) is 5.92 Å². The summed E-state index contributed by atoms with van der Waals surface area (Å²) in [6.07, 6.45) is 8.34. The van der Waals surface area contributed by atoms with Crippen LogP contribution in [0.1, 0.15) is 49.7 Å². The lowest BCUT2D eigenvalue weighted by molar-refractivity contribution is -0.134. The zero-order chi connectivity index (χ0) is 21.5. The van der Waals surface area contributed by atoms with E-state index in [1.807, 2.05) is 0 Å². The first-order valence-corrected chi connectivity index (χ1v) is 12.7. The molecule has 3 aliphatic rings. The summed E-state index contributed by atoms with van der Waals surface area (Å²) in [4.78, 5) is 22.6. The van der Waals surface area contributed by atoms with Crippen molar-refractivity contribution in [1.29, 1.82) is 0 Å². The highest BCUT2D eigenvalue weighted by Gasteiger charge is 2.25. The van der Waals surface area contributed by atoms with E-state index < -0.39 is 0 Å². The van der Waals surface area contributed by atoms with Gasteiger partial charge in [0, 0.05) is 52.4 Å². The van der Waals surface area contributed by atoms with Crippen molar-refractivity contribution in [2.75, 3.05) is 65.4 Å². The molecule has 2 aliphatic heterocycles. The molecule has 1 saturated carbocycles. The van der Waals surface area contributed by atoms with Crippen LogP contribution in [-0.4, -0.2) is 91.0 Å². The highest BCUT2D eigenvalue weighted by atomic mass is 16.2. The van der Waals surface area contributed by atoms with Crippen molar-refractivity contribution in [3.8, 4) is 0 Å². The molecule has 0 unspecified atom stereocenters. The third-order valence-electron chi connectivity index (χ3n) is 7.66. The van der Waals surface area contributed by atoms with Crippen LogP contribution in [0, 0.1) is 12.8 Å². The molecule has 5 heteroatoms. The second-order valence-electron chi connectivity index (χ2n) is 10.0. The third kappa shape index (κ3) is 6.77. The maximum absolute atomic E-state index is 12.9. The number of rotatable bonds is 6. The maximum Gasteiger partial charge on any atom is 0.236 e. The van der Waals surface area contributed by atoms with Crippen molar-refractivity contribution in [3.63, 3.8) is 0 Å². The van der Waals surface area contributed by atoms with Gasteiger partial charge in [0.25, 0.3) is 0 Å². The van der Waals surface area contributed by atoms with Gasteiger partial charge in [-0.15, -0.1) is 0 Å². The number of piperazine rings is 1. The fourth-order valence-electron chi connectivity index (χ4n) is 5.57. The molecule has 31 heavy (non-hydrogen) atoms. The molecule has 2 saturated heterocycles. The van der Waals surface area contributed by atoms with E-state index in [4.69, 9.17) is 0 Å². The molecule has 0 spiro atoms. The summed E-state index contributed by atoms with van der Waals surface area (Å²) in [7, 11) is 0. The number of hydrogen-bond acceptors (Lipinski definition) is 4. The highest BCUT2D eigenvalue weighted by molar-refractivity contribution is 5.78. The summed E-state index contributed by atoms with van der Waals surface area (Å²) >= 11 is 0. The molecule has 0 aromatic heterocycles. The van der Waals surface area contributed by atoms with E-state index in [-0.39, 0.29) is 0 Å². The third-order valence-corrected chi connectivity index (χ3v) is 7.66. The summed E-state index contributed by atoms with van der Waals surface area (Å²) in [5, 5.41) is 0. The number of carbonyl (C=O) groups is 1. The van der Waals surface area contributed by atoms with Crippen LogP contribution in [0.3, 0.4) is 0 Å². The lowest BCUT2D eigenvalue weighted by atomic mass is 9.89. The molecule has 0 bridgehead atoms. The van der Waals surface area contributed by atoms with Gasteiger partial charge < -0.3 is 9.80 Å². The maximum atomic E-state index is 12.9. The Labute approximate surface area is 189 Å². The summed E-state index contributed by atoms with van der Waals surface area (Å²) in [5.74, 6) is 1.24. The Balaban J connectivity index is 1.17. The minimum absolute atomic E-state index is 0.330. The van der Waals surface area contributed by atoms with Crippen LogP contribution in [0.4, 0.5) is 0 Å². The summed E-state index contributed by atoms with van der Waals surface area (Å²) in [6.45, 7) is 13.2. The SMILES string of the molecule is Cc1ccccc1CN1CCN(C(=O)CN2CCCN(CC3CCCCC3)CC2)CC1. The molecule has 1 aliphatic carbocycles. The lowest BCUT2D eigenvalue weighted by Crippen LogP contribution is -2.51. The van der Waals surface area contributed by atoms with Gasteiger partial charge in [-0.1, -0.05) is 43.5 Å². The van der Waals surface area contributed by atoms with Gasteiger partial charge in [-0.25, -0.2) is 0 Å². The van der Waals surface area contributed by atoms with Crippen molar-refractivity contribution < 1.29 is 4.79 Å². The van der Waals surface area contributed by atoms with Gasteiger partial charge in [0.15, 0.2) is 0 Å². The average Bonchev–Trinajstić information content (AvgIpc) is 3.01. The Morgan fingerprint density at radius 2 is 1.48 bits per heavy atom. The molecule has 4 rings (SSSR count). The Morgan fingerprint density at radius 1 is 0.806 bits per heavy atom. The van der Waals surface area contributed by atoms with Crippen molar-refractivity contribution in [2.45, 2.75) is 52.0 Å². The van der Waals surface area contributed by atoms with Gasteiger partial charge in [0.2, 0.25) is 5.91 Å². The second kappa shape index (κ2) is 11.4. The lowest BCUT2D eigenvalue weighted by Gasteiger charge is -2.36. The quantitative estimate of drug-likeness (QED) is 0.699. The Morgan fingerprint density at radius 3 is 2.26 bits per heavy atom. The minimum Gasteiger partial charge on any atom is -0.339 e. The van der Waals surface area contributed by atoms with Gasteiger partial charge in [0.05, 0.1) is 6.54 Å². The predicted molar refractivity (Wildman–Crippen MR) is 127 cm³/mol. The number of aryl methyl sites for hydroxylation is 1. The average molecular weight is 427 g/mol. The smallest absolute Gasteiger partial charge is 0.236 e. The van der Waals surface area contributed by atoms with Crippen LogP contribution >= 0.6 is 0 Å². The molecular formula is C26H42N4O. The molecule has 3 fully saturated rings. The van der Waals surface area contributed by atoms with E-state index in [1.165, 1.54) is 62.7 Å².